The van der Waals surface area contributed by atoms with Crippen molar-refractivity contribution < 1.29 is 4.39 Å². The van der Waals surface area contributed by atoms with E-state index in [0.717, 1.165) is 37.3 Å². The number of hydrogen-bond acceptors (Lipinski definition) is 8. The summed E-state index contributed by atoms with van der Waals surface area (Å²) >= 11 is 4.39. The molecule has 0 radical (unpaired) electrons. The molecule has 0 atom stereocenters. The van der Waals surface area contributed by atoms with Gasteiger partial charge in [-0.05, 0) is 61.0 Å². The molecule has 0 aliphatic rings. The topological polar surface area (TPSA) is 73.6 Å². The molecule has 0 saturated heterocycles. The average Bonchev–Trinajstić information content (AvgIpc) is 3.59. The highest BCUT2D eigenvalue weighted by Gasteiger charge is 2.23. The number of thiophene rings is 2. The van der Waals surface area contributed by atoms with Crippen LogP contribution in [-0.2, 0) is 6.54 Å². The molecule has 0 saturated carbocycles. The van der Waals surface area contributed by atoms with E-state index in [0.29, 0.717) is 38.5 Å². The first-order valence-corrected chi connectivity index (χ1v) is 15.8. The first-order chi connectivity index (χ1) is 20.5. The van der Waals surface area contributed by atoms with Gasteiger partial charge in [0.1, 0.15) is 26.2 Å². The Labute approximate surface area is 252 Å². The van der Waals surface area contributed by atoms with Crippen molar-refractivity contribution in [2.45, 2.75) is 30.6 Å². The third kappa shape index (κ3) is 4.61. The van der Waals surface area contributed by atoms with Gasteiger partial charge < -0.3 is 0 Å². The van der Waals surface area contributed by atoms with Gasteiger partial charge in [-0.2, -0.15) is 0 Å². The number of rotatable bonds is 6. The van der Waals surface area contributed by atoms with Gasteiger partial charge in [0, 0.05) is 34.1 Å². The van der Waals surface area contributed by atoms with Crippen LogP contribution >= 0.6 is 34.4 Å². The van der Waals surface area contributed by atoms with Gasteiger partial charge in [0.25, 0.3) is 5.56 Å². The SMILES string of the molecule is CCn1c(Sc2nc(-c3ccccn3)nc3scc(-c4ccccc4)c23)nc2sc(C)c(-c3ccc(F)cc3)c2c1=O. The highest BCUT2D eigenvalue weighted by molar-refractivity contribution is 7.99. The molecule has 0 aliphatic carbocycles. The van der Waals surface area contributed by atoms with Gasteiger partial charge in [-0.3, -0.25) is 14.3 Å². The molecule has 0 amide bonds. The molecular weight excluding hydrogens is 586 g/mol. The van der Waals surface area contributed by atoms with E-state index in [1.165, 1.54) is 35.2 Å². The minimum absolute atomic E-state index is 0.127. The smallest absolute Gasteiger partial charge is 0.263 e. The van der Waals surface area contributed by atoms with Crippen LogP contribution in [0.5, 0.6) is 0 Å². The summed E-state index contributed by atoms with van der Waals surface area (Å²) in [5, 5.41) is 4.84. The Balaban J connectivity index is 1.44. The van der Waals surface area contributed by atoms with Crippen LogP contribution in [0.1, 0.15) is 11.8 Å². The summed E-state index contributed by atoms with van der Waals surface area (Å²) in [6.07, 6.45) is 1.72. The Morgan fingerprint density at radius 2 is 1.67 bits per heavy atom. The first-order valence-electron chi connectivity index (χ1n) is 13.3. The lowest BCUT2D eigenvalue weighted by atomic mass is 10.0. The lowest BCUT2D eigenvalue weighted by molar-refractivity contribution is 0.628. The van der Waals surface area contributed by atoms with Crippen LogP contribution in [-0.4, -0.2) is 24.5 Å². The molecule has 0 N–H and O–H groups in total. The molecule has 0 fully saturated rings. The van der Waals surface area contributed by atoms with E-state index < -0.39 is 0 Å². The van der Waals surface area contributed by atoms with Gasteiger partial charge in [-0.1, -0.05) is 48.5 Å². The molecular formula is C32H22FN5OS3. The quantitative estimate of drug-likeness (QED) is 0.139. The molecule has 0 unspecified atom stereocenters. The highest BCUT2D eigenvalue weighted by atomic mass is 32.2. The van der Waals surface area contributed by atoms with Gasteiger partial charge in [0.15, 0.2) is 11.0 Å². The summed E-state index contributed by atoms with van der Waals surface area (Å²) in [5.74, 6) is 0.201. The third-order valence-electron chi connectivity index (χ3n) is 6.97. The second kappa shape index (κ2) is 10.9. The lowest BCUT2D eigenvalue weighted by Gasteiger charge is -2.12. The fourth-order valence-corrected chi connectivity index (χ4v) is 8.19. The monoisotopic (exact) mass is 607 g/mol. The highest BCUT2D eigenvalue weighted by Crippen LogP contribution is 2.42. The zero-order valence-corrected chi connectivity index (χ0v) is 25.0. The van der Waals surface area contributed by atoms with E-state index >= 15 is 0 Å². The Kier molecular flexibility index (Phi) is 6.89. The van der Waals surface area contributed by atoms with E-state index in [4.69, 9.17) is 15.0 Å². The molecule has 0 bridgehead atoms. The summed E-state index contributed by atoms with van der Waals surface area (Å²) in [7, 11) is 0. The molecule has 42 heavy (non-hydrogen) atoms. The lowest BCUT2D eigenvalue weighted by Crippen LogP contribution is -2.22. The van der Waals surface area contributed by atoms with E-state index in [1.54, 1.807) is 34.2 Å². The molecule has 5 aromatic heterocycles. The number of aromatic nitrogens is 5. The van der Waals surface area contributed by atoms with Crippen molar-refractivity contribution in [2.24, 2.45) is 0 Å². The number of fused-ring (bicyclic) bond motifs is 2. The van der Waals surface area contributed by atoms with Crippen LogP contribution in [0.25, 0.3) is 54.2 Å². The number of aryl methyl sites for hydroxylation is 1. The van der Waals surface area contributed by atoms with Gasteiger partial charge in [-0.25, -0.2) is 19.3 Å². The van der Waals surface area contributed by atoms with Gasteiger partial charge >= 0.3 is 0 Å². The summed E-state index contributed by atoms with van der Waals surface area (Å²) in [6, 6.07) is 22.1. The summed E-state index contributed by atoms with van der Waals surface area (Å²) in [6.45, 7) is 4.33. The van der Waals surface area contributed by atoms with Crippen molar-refractivity contribution >= 4 is 54.9 Å². The second-order valence-electron chi connectivity index (χ2n) is 9.53. The molecule has 0 aliphatic heterocycles. The molecule has 5 heterocycles. The maximum absolute atomic E-state index is 14.0. The van der Waals surface area contributed by atoms with Crippen molar-refractivity contribution in [3.63, 3.8) is 0 Å². The fourth-order valence-electron chi connectivity index (χ4n) is 5.01. The predicted octanol–water partition coefficient (Wildman–Crippen LogP) is 8.48. The first kappa shape index (κ1) is 26.6. The van der Waals surface area contributed by atoms with E-state index in [9.17, 15) is 9.18 Å². The largest absolute Gasteiger partial charge is 0.287 e. The van der Waals surface area contributed by atoms with Gasteiger partial charge in [-0.15, -0.1) is 22.7 Å². The van der Waals surface area contributed by atoms with Crippen molar-refractivity contribution in [1.82, 2.24) is 24.5 Å². The summed E-state index contributed by atoms with van der Waals surface area (Å²) in [5.41, 5.74) is 4.24. The third-order valence-corrected chi connectivity index (χ3v) is 9.82. The molecule has 6 nitrogen and oxygen atoms in total. The molecule has 10 heteroatoms. The Bertz CT molecular complexity index is 2140. The zero-order chi connectivity index (χ0) is 28.8. The van der Waals surface area contributed by atoms with Crippen LogP contribution in [0.2, 0.25) is 0 Å². The van der Waals surface area contributed by atoms with E-state index in [1.807, 2.05) is 50.2 Å². The fraction of sp³-hybridized carbons (Fsp3) is 0.0938. The minimum atomic E-state index is -0.316. The number of nitrogens with zero attached hydrogens (tertiary/aromatic N) is 5. The number of pyridine rings is 1. The number of halogens is 1. The standard InChI is InChI=1S/C32H22FN5OS3/c1-3-38-31(39)26-24(20-12-14-21(33)15-13-20)18(2)41-30(26)37-32(38)42-29-25-22(19-9-5-4-6-10-19)17-40-28(25)35-27(36-29)23-11-7-8-16-34-23/h4-17H,3H2,1-2H3. The summed E-state index contributed by atoms with van der Waals surface area (Å²) in [4.78, 5) is 35.9. The average molecular weight is 608 g/mol. The normalized spacial score (nSPS) is 11.5. The molecule has 206 valence electrons. The van der Waals surface area contributed by atoms with Gasteiger partial charge in [0.05, 0.1) is 10.8 Å². The van der Waals surface area contributed by atoms with Gasteiger partial charge in [0.2, 0.25) is 0 Å². The van der Waals surface area contributed by atoms with Crippen molar-refractivity contribution in [3.8, 4) is 33.8 Å². The van der Waals surface area contributed by atoms with Crippen LogP contribution in [0, 0.1) is 12.7 Å². The van der Waals surface area contributed by atoms with E-state index in [-0.39, 0.29) is 11.4 Å². The predicted molar refractivity (Wildman–Crippen MR) is 170 cm³/mol. The molecule has 7 rings (SSSR count). The minimum Gasteiger partial charge on any atom is -0.287 e. The van der Waals surface area contributed by atoms with Crippen molar-refractivity contribution in [3.05, 3.63) is 105 Å². The number of hydrogen-bond donors (Lipinski definition) is 0. The maximum Gasteiger partial charge on any atom is 0.263 e. The van der Waals surface area contributed by atoms with E-state index in [2.05, 4.69) is 22.5 Å². The van der Waals surface area contributed by atoms with Crippen LogP contribution in [0.15, 0.2) is 99.4 Å². The second-order valence-corrected chi connectivity index (χ2v) is 12.5. The van der Waals surface area contributed by atoms with Crippen molar-refractivity contribution in [2.75, 3.05) is 0 Å². The Morgan fingerprint density at radius 3 is 2.40 bits per heavy atom. The molecule has 2 aromatic carbocycles. The van der Waals surface area contributed by atoms with Crippen LogP contribution < -0.4 is 5.56 Å². The van der Waals surface area contributed by atoms with Crippen LogP contribution in [0.4, 0.5) is 4.39 Å². The zero-order valence-electron chi connectivity index (χ0n) is 22.5. The maximum atomic E-state index is 14.0. The molecule has 0 spiro atoms. The summed E-state index contributed by atoms with van der Waals surface area (Å²) < 4.78 is 15.4. The Morgan fingerprint density at radius 1 is 0.881 bits per heavy atom. The number of benzene rings is 2. The molecule has 7 aromatic rings. The van der Waals surface area contributed by atoms with Crippen LogP contribution in [0.3, 0.4) is 0 Å². The van der Waals surface area contributed by atoms with Crippen molar-refractivity contribution in [1.29, 1.82) is 0 Å². The Hall–Kier alpha value is -4.25.